The van der Waals surface area contributed by atoms with Crippen LogP contribution in [0, 0.1) is 24.6 Å². The third-order valence-corrected chi connectivity index (χ3v) is 5.91. The second-order valence-electron chi connectivity index (χ2n) is 7.17. The topological polar surface area (TPSA) is 43.3 Å². The molecule has 0 spiro atoms. The van der Waals surface area contributed by atoms with Gasteiger partial charge in [-0.25, -0.2) is 4.39 Å². The maximum Gasteiger partial charge on any atom is 0.325 e. The SMILES string of the molecule is COC(=O)Cn1c(C)c(C2CC3CNCC3C2)c2cc(F)ccc21. The average molecular weight is 330 g/mol. The van der Waals surface area contributed by atoms with Gasteiger partial charge in [-0.3, -0.25) is 4.79 Å². The summed E-state index contributed by atoms with van der Waals surface area (Å²) in [5.41, 5.74) is 3.21. The summed E-state index contributed by atoms with van der Waals surface area (Å²) in [6, 6.07) is 4.87. The van der Waals surface area contributed by atoms with E-state index in [4.69, 9.17) is 4.74 Å². The van der Waals surface area contributed by atoms with Crippen molar-refractivity contribution < 1.29 is 13.9 Å². The van der Waals surface area contributed by atoms with Crippen LogP contribution in [0.2, 0.25) is 0 Å². The molecule has 1 saturated heterocycles. The average Bonchev–Trinajstić information content (AvgIpc) is 3.20. The van der Waals surface area contributed by atoms with E-state index in [9.17, 15) is 9.18 Å². The molecule has 2 heterocycles. The van der Waals surface area contributed by atoms with E-state index in [1.165, 1.54) is 18.7 Å². The van der Waals surface area contributed by atoms with Crippen molar-refractivity contribution >= 4 is 16.9 Å². The Morgan fingerprint density at radius 3 is 2.71 bits per heavy atom. The highest BCUT2D eigenvalue weighted by Crippen LogP contribution is 2.47. The number of carbonyl (C=O) groups excluding carboxylic acids is 1. The minimum atomic E-state index is -0.279. The summed E-state index contributed by atoms with van der Waals surface area (Å²) in [6.07, 6.45) is 2.29. The van der Waals surface area contributed by atoms with Gasteiger partial charge in [-0.2, -0.15) is 0 Å². The quantitative estimate of drug-likeness (QED) is 0.880. The number of aromatic nitrogens is 1. The Hall–Kier alpha value is -1.88. The summed E-state index contributed by atoms with van der Waals surface area (Å²) in [5.74, 6) is 1.39. The van der Waals surface area contributed by atoms with E-state index in [0.717, 1.165) is 54.4 Å². The zero-order valence-corrected chi connectivity index (χ0v) is 14.1. The van der Waals surface area contributed by atoms with Crippen LogP contribution >= 0.6 is 0 Å². The molecule has 0 amide bonds. The Labute approximate surface area is 141 Å². The van der Waals surface area contributed by atoms with Crippen molar-refractivity contribution in [1.29, 1.82) is 0 Å². The Morgan fingerprint density at radius 2 is 2.04 bits per heavy atom. The molecule has 128 valence electrons. The highest BCUT2D eigenvalue weighted by molar-refractivity contribution is 5.87. The lowest BCUT2D eigenvalue weighted by Gasteiger charge is -2.13. The van der Waals surface area contributed by atoms with Crippen LogP contribution in [-0.2, 0) is 16.1 Å². The van der Waals surface area contributed by atoms with E-state index < -0.39 is 0 Å². The van der Waals surface area contributed by atoms with Crippen LogP contribution in [0.1, 0.15) is 30.0 Å². The molecule has 0 bridgehead atoms. The fourth-order valence-electron chi connectivity index (χ4n) is 4.79. The standard InChI is InChI=1S/C19H23FN2O2/c1-11-19(12-5-13-8-21-9-14(13)6-12)16-7-15(20)3-4-17(16)22(11)10-18(23)24-2/h3-4,7,12-14,21H,5-6,8-10H2,1-2H3. The molecule has 2 aliphatic rings. The molecule has 1 aliphatic carbocycles. The Balaban J connectivity index is 1.80. The second-order valence-corrected chi connectivity index (χ2v) is 7.17. The normalized spacial score (nSPS) is 26.0. The largest absolute Gasteiger partial charge is 0.468 e. The van der Waals surface area contributed by atoms with Gasteiger partial charge in [0.1, 0.15) is 12.4 Å². The molecule has 2 atom stereocenters. The first-order valence-corrected chi connectivity index (χ1v) is 8.64. The summed E-state index contributed by atoms with van der Waals surface area (Å²) in [5, 5.41) is 4.42. The highest BCUT2D eigenvalue weighted by atomic mass is 19.1. The number of benzene rings is 1. The first-order valence-electron chi connectivity index (χ1n) is 8.64. The van der Waals surface area contributed by atoms with Gasteiger partial charge in [0, 0.05) is 16.6 Å². The minimum Gasteiger partial charge on any atom is -0.468 e. The molecule has 1 saturated carbocycles. The van der Waals surface area contributed by atoms with Crippen molar-refractivity contribution in [1.82, 2.24) is 9.88 Å². The Morgan fingerprint density at radius 1 is 1.33 bits per heavy atom. The van der Waals surface area contributed by atoms with Crippen LogP contribution in [0.15, 0.2) is 18.2 Å². The molecule has 0 radical (unpaired) electrons. The molecular formula is C19H23FN2O2. The van der Waals surface area contributed by atoms with Crippen molar-refractivity contribution in [3.63, 3.8) is 0 Å². The molecule has 1 aromatic heterocycles. The number of ether oxygens (including phenoxy) is 1. The van der Waals surface area contributed by atoms with Gasteiger partial charge in [0.15, 0.2) is 0 Å². The maximum absolute atomic E-state index is 13.9. The van der Waals surface area contributed by atoms with Crippen LogP contribution < -0.4 is 5.32 Å². The van der Waals surface area contributed by atoms with Gasteiger partial charge in [0.2, 0.25) is 0 Å². The molecule has 4 nitrogen and oxygen atoms in total. The number of methoxy groups -OCH3 is 1. The van der Waals surface area contributed by atoms with E-state index in [1.807, 2.05) is 11.5 Å². The number of hydrogen-bond donors (Lipinski definition) is 1. The third-order valence-electron chi connectivity index (χ3n) is 5.91. The number of fused-ring (bicyclic) bond motifs is 2. The van der Waals surface area contributed by atoms with E-state index >= 15 is 0 Å². The van der Waals surface area contributed by atoms with Crippen molar-refractivity contribution in [2.24, 2.45) is 11.8 Å². The Kier molecular flexibility index (Phi) is 3.83. The van der Waals surface area contributed by atoms with Crippen molar-refractivity contribution in [2.45, 2.75) is 32.2 Å². The van der Waals surface area contributed by atoms with Gasteiger partial charge in [-0.15, -0.1) is 0 Å². The number of rotatable bonds is 3. The lowest BCUT2D eigenvalue weighted by molar-refractivity contribution is -0.141. The molecule has 1 aliphatic heterocycles. The van der Waals surface area contributed by atoms with E-state index in [0.29, 0.717) is 5.92 Å². The summed E-state index contributed by atoms with van der Waals surface area (Å²) in [6.45, 7) is 4.40. The predicted octanol–water partition coefficient (Wildman–Crippen LogP) is 2.97. The van der Waals surface area contributed by atoms with Gasteiger partial charge < -0.3 is 14.6 Å². The van der Waals surface area contributed by atoms with Crippen LogP contribution in [0.4, 0.5) is 4.39 Å². The number of halogens is 1. The zero-order chi connectivity index (χ0) is 16.8. The highest BCUT2D eigenvalue weighted by Gasteiger charge is 2.39. The Bertz CT molecular complexity index is 786. The molecular weight excluding hydrogens is 307 g/mol. The van der Waals surface area contributed by atoms with E-state index in [2.05, 4.69) is 5.32 Å². The lowest BCUT2D eigenvalue weighted by Crippen LogP contribution is -2.14. The zero-order valence-electron chi connectivity index (χ0n) is 14.1. The monoisotopic (exact) mass is 330 g/mol. The fraction of sp³-hybridized carbons (Fsp3) is 0.526. The number of esters is 1. The molecule has 2 fully saturated rings. The van der Waals surface area contributed by atoms with Crippen molar-refractivity contribution in [3.8, 4) is 0 Å². The molecule has 2 aromatic rings. The molecule has 5 heteroatoms. The summed E-state index contributed by atoms with van der Waals surface area (Å²) < 4.78 is 20.7. The molecule has 1 aromatic carbocycles. The minimum absolute atomic E-state index is 0.172. The van der Waals surface area contributed by atoms with Gasteiger partial charge in [0.25, 0.3) is 0 Å². The van der Waals surface area contributed by atoms with E-state index in [1.54, 1.807) is 12.1 Å². The van der Waals surface area contributed by atoms with Crippen LogP contribution in [-0.4, -0.2) is 30.7 Å². The van der Waals surface area contributed by atoms with Crippen molar-refractivity contribution in [3.05, 3.63) is 35.3 Å². The maximum atomic E-state index is 13.9. The number of carbonyl (C=O) groups is 1. The summed E-state index contributed by atoms with van der Waals surface area (Å²) >= 11 is 0. The van der Waals surface area contributed by atoms with Crippen LogP contribution in [0.3, 0.4) is 0 Å². The number of hydrogen-bond acceptors (Lipinski definition) is 3. The van der Waals surface area contributed by atoms with Crippen LogP contribution in [0.5, 0.6) is 0 Å². The van der Waals surface area contributed by atoms with Gasteiger partial charge in [-0.1, -0.05) is 0 Å². The van der Waals surface area contributed by atoms with Crippen molar-refractivity contribution in [2.75, 3.05) is 20.2 Å². The molecule has 24 heavy (non-hydrogen) atoms. The predicted molar refractivity (Wildman–Crippen MR) is 90.5 cm³/mol. The van der Waals surface area contributed by atoms with Gasteiger partial charge in [0.05, 0.1) is 7.11 Å². The fourth-order valence-corrected chi connectivity index (χ4v) is 4.79. The van der Waals surface area contributed by atoms with E-state index in [-0.39, 0.29) is 18.3 Å². The second kappa shape index (κ2) is 5.88. The van der Waals surface area contributed by atoms with Crippen LogP contribution in [0.25, 0.3) is 10.9 Å². The first kappa shape index (κ1) is 15.6. The number of nitrogens with one attached hydrogen (secondary N) is 1. The molecule has 4 rings (SSSR count). The molecule has 2 unspecified atom stereocenters. The summed E-state index contributed by atoms with van der Waals surface area (Å²) in [7, 11) is 1.40. The first-order chi connectivity index (χ1) is 11.6. The smallest absolute Gasteiger partial charge is 0.325 e. The lowest BCUT2D eigenvalue weighted by atomic mass is 9.93. The number of nitrogens with zero attached hydrogens (tertiary/aromatic N) is 1. The van der Waals surface area contributed by atoms with Gasteiger partial charge >= 0.3 is 5.97 Å². The third kappa shape index (κ3) is 2.42. The molecule has 1 N–H and O–H groups in total. The van der Waals surface area contributed by atoms with Gasteiger partial charge in [-0.05, 0) is 74.4 Å². The summed E-state index contributed by atoms with van der Waals surface area (Å²) in [4.78, 5) is 11.8.